The monoisotopic (exact) mass is 296 g/mol. The van der Waals surface area contributed by atoms with Crippen molar-refractivity contribution >= 4 is 27.3 Å². The zero-order valence-corrected chi connectivity index (χ0v) is 11.4. The van der Waals surface area contributed by atoms with Crippen LogP contribution in [0.5, 0.6) is 0 Å². The van der Waals surface area contributed by atoms with E-state index in [9.17, 15) is 0 Å². The SMILES string of the molecule is C[C@H](NCc1sccc1Br)c1cccnc1. The molecule has 2 aromatic rings. The molecule has 0 amide bonds. The lowest BCUT2D eigenvalue weighted by molar-refractivity contribution is 0.576. The first-order chi connectivity index (χ1) is 7.77. The Morgan fingerprint density at radius 2 is 2.38 bits per heavy atom. The van der Waals surface area contributed by atoms with Gasteiger partial charge in [0, 0.05) is 34.3 Å². The lowest BCUT2D eigenvalue weighted by Crippen LogP contribution is -2.17. The second-order valence-electron chi connectivity index (χ2n) is 3.58. The Bertz CT molecular complexity index is 441. The van der Waals surface area contributed by atoms with E-state index in [1.54, 1.807) is 17.5 Å². The summed E-state index contributed by atoms with van der Waals surface area (Å²) < 4.78 is 1.18. The molecule has 0 fully saturated rings. The highest BCUT2D eigenvalue weighted by Crippen LogP contribution is 2.23. The van der Waals surface area contributed by atoms with E-state index in [4.69, 9.17) is 0 Å². The van der Waals surface area contributed by atoms with E-state index >= 15 is 0 Å². The van der Waals surface area contributed by atoms with E-state index in [0.717, 1.165) is 6.54 Å². The average Bonchev–Trinajstić information content (AvgIpc) is 2.73. The van der Waals surface area contributed by atoms with Gasteiger partial charge in [-0.3, -0.25) is 4.98 Å². The minimum atomic E-state index is 0.322. The van der Waals surface area contributed by atoms with Crippen LogP contribution in [0.1, 0.15) is 23.4 Å². The number of pyridine rings is 1. The van der Waals surface area contributed by atoms with Crippen molar-refractivity contribution < 1.29 is 0 Å². The van der Waals surface area contributed by atoms with Gasteiger partial charge in [-0.1, -0.05) is 6.07 Å². The van der Waals surface area contributed by atoms with Crippen molar-refractivity contribution in [2.75, 3.05) is 0 Å². The molecular weight excluding hydrogens is 284 g/mol. The van der Waals surface area contributed by atoms with Crippen LogP contribution in [0.15, 0.2) is 40.4 Å². The Hall–Kier alpha value is -0.710. The minimum absolute atomic E-state index is 0.322. The maximum absolute atomic E-state index is 4.12. The van der Waals surface area contributed by atoms with Crippen LogP contribution >= 0.6 is 27.3 Å². The Kier molecular flexibility index (Phi) is 4.09. The first kappa shape index (κ1) is 11.8. The zero-order valence-electron chi connectivity index (χ0n) is 8.98. The van der Waals surface area contributed by atoms with Gasteiger partial charge in [0.25, 0.3) is 0 Å². The third-order valence-electron chi connectivity index (χ3n) is 2.44. The molecule has 0 aliphatic heterocycles. The maximum Gasteiger partial charge on any atom is 0.0327 e. The van der Waals surface area contributed by atoms with E-state index in [1.165, 1.54) is 14.9 Å². The predicted octanol–water partition coefficient (Wildman–Crippen LogP) is 3.76. The Labute approximate surface area is 108 Å². The van der Waals surface area contributed by atoms with Crippen molar-refractivity contribution in [1.29, 1.82) is 0 Å². The van der Waals surface area contributed by atoms with Crippen LogP contribution in [0.2, 0.25) is 0 Å². The van der Waals surface area contributed by atoms with Gasteiger partial charge >= 0.3 is 0 Å². The molecular formula is C12H13BrN2S. The average molecular weight is 297 g/mol. The van der Waals surface area contributed by atoms with Gasteiger partial charge < -0.3 is 5.32 Å². The number of rotatable bonds is 4. The molecule has 0 aliphatic carbocycles. The fourth-order valence-corrected chi connectivity index (χ4v) is 2.89. The maximum atomic E-state index is 4.12. The summed E-state index contributed by atoms with van der Waals surface area (Å²) in [5, 5.41) is 5.58. The number of thiophene rings is 1. The Balaban J connectivity index is 1.94. The van der Waals surface area contributed by atoms with Gasteiger partial charge in [-0.05, 0) is 45.9 Å². The van der Waals surface area contributed by atoms with Gasteiger partial charge in [-0.2, -0.15) is 0 Å². The van der Waals surface area contributed by atoms with Crippen molar-refractivity contribution in [3.05, 3.63) is 50.9 Å². The van der Waals surface area contributed by atoms with Gasteiger partial charge in [0.2, 0.25) is 0 Å². The lowest BCUT2D eigenvalue weighted by atomic mass is 10.1. The molecule has 2 rings (SSSR count). The second-order valence-corrected chi connectivity index (χ2v) is 5.44. The van der Waals surface area contributed by atoms with Crippen LogP contribution < -0.4 is 5.32 Å². The van der Waals surface area contributed by atoms with Crippen molar-refractivity contribution in [2.24, 2.45) is 0 Å². The molecule has 1 atom stereocenters. The molecule has 0 saturated heterocycles. The highest BCUT2D eigenvalue weighted by atomic mass is 79.9. The molecule has 0 aromatic carbocycles. The van der Waals surface area contributed by atoms with Gasteiger partial charge in [0.05, 0.1) is 0 Å². The van der Waals surface area contributed by atoms with E-state index in [0.29, 0.717) is 6.04 Å². The number of halogens is 1. The molecule has 4 heteroatoms. The summed E-state index contributed by atoms with van der Waals surface area (Å²) in [4.78, 5) is 5.45. The standard InChI is InChI=1S/C12H13BrN2S/c1-9(10-3-2-5-14-7-10)15-8-12-11(13)4-6-16-12/h2-7,9,15H,8H2,1H3/t9-/m0/s1. The van der Waals surface area contributed by atoms with E-state index in [-0.39, 0.29) is 0 Å². The van der Waals surface area contributed by atoms with Crippen LogP contribution in [-0.2, 0) is 6.54 Å². The summed E-state index contributed by atoms with van der Waals surface area (Å²) in [5.41, 5.74) is 1.22. The Morgan fingerprint density at radius 3 is 3.00 bits per heavy atom. The van der Waals surface area contributed by atoms with Gasteiger partial charge in [-0.25, -0.2) is 0 Å². The number of hydrogen-bond acceptors (Lipinski definition) is 3. The third-order valence-corrected chi connectivity index (χ3v) is 4.37. The van der Waals surface area contributed by atoms with Gasteiger partial charge in [-0.15, -0.1) is 11.3 Å². The van der Waals surface area contributed by atoms with Crippen molar-refractivity contribution in [1.82, 2.24) is 10.3 Å². The van der Waals surface area contributed by atoms with Crippen LogP contribution in [-0.4, -0.2) is 4.98 Å². The van der Waals surface area contributed by atoms with Crippen LogP contribution in [0.25, 0.3) is 0 Å². The summed E-state index contributed by atoms with van der Waals surface area (Å²) in [7, 11) is 0. The molecule has 0 unspecified atom stereocenters. The molecule has 16 heavy (non-hydrogen) atoms. The number of aromatic nitrogens is 1. The van der Waals surface area contributed by atoms with Crippen LogP contribution in [0.4, 0.5) is 0 Å². The molecule has 1 N–H and O–H groups in total. The number of nitrogens with one attached hydrogen (secondary N) is 1. The number of nitrogens with zero attached hydrogens (tertiary/aromatic N) is 1. The lowest BCUT2D eigenvalue weighted by Gasteiger charge is -2.13. The second kappa shape index (κ2) is 5.57. The summed E-state index contributed by atoms with van der Waals surface area (Å²) in [6.45, 7) is 3.03. The van der Waals surface area contributed by atoms with Gasteiger partial charge in [0.15, 0.2) is 0 Å². The Morgan fingerprint density at radius 1 is 1.50 bits per heavy atom. The normalized spacial score (nSPS) is 12.6. The van der Waals surface area contributed by atoms with E-state index in [2.05, 4.69) is 50.7 Å². The first-order valence-electron chi connectivity index (χ1n) is 5.12. The highest BCUT2D eigenvalue weighted by molar-refractivity contribution is 9.10. The summed E-state index contributed by atoms with van der Waals surface area (Å²) in [6.07, 6.45) is 3.70. The first-order valence-corrected chi connectivity index (χ1v) is 6.80. The van der Waals surface area contributed by atoms with Crippen LogP contribution in [0, 0.1) is 0 Å². The molecule has 0 radical (unpaired) electrons. The minimum Gasteiger partial charge on any atom is -0.305 e. The van der Waals surface area contributed by atoms with Crippen molar-refractivity contribution in [3.8, 4) is 0 Å². The predicted molar refractivity (Wildman–Crippen MR) is 71.5 cm³/mol. The topological polar surface area (TPSA) is 24.9 Å². The molecule has 0 saturated carbocycles. The molecule has 0 bridgehead atoms. The molecule has 2 nitrogen and oxygen atoms in total. The molecule has 2 aromatic heterocycles. The largest absolute Gasteiger partial charge is 0.305 e. The van der Waals surface area contributed by atoms with Gasteiger partial charge in [0.1, 0.15) is 0 Å². The van der Waals surface area contributed by atoms with Crippen molar-refractivity contribution in [3.63, 3.8) is 0 Å². The fourth-order valence-electron chi connectivity index (χ4n) is 1.45. The fraction of sp³-hybridized carbons (Fsp3) is 0.250. The highest BCUT2D eigenvalue weighted by Gasteiger charge is 2.06. The van der Waals surface area contributed by atoms with E-state index in [1.807, 2.05) is 12.3 Å². The summed E-state index contributed by atoms with van der Waals surface area (Å²) in [5.74, 6) is 0. The molecule has 0 aliphatic rings. The number of hydrogen-bond donors (Lipinski definition) is 1. The molecule has 2 heterocycles. The van der Waals surface area contributed by atoms with Crippen molar-refractivity contribution in [2.45, 2.75) is 19.5 Å². The third kappa shape index (κ3) is 2.90. The zero-order chi connectivity index (χ0) is 11.4. The smallest absolute Gasteiger partial charge is 0.0327 e. The summed E-state index contributed by atoms with van der Waals surface area (Å²) >= 11 is 5.29. The van der Waals surface area contributed by atoms with Crippen LogP contribution in [0.3, 0.4) is 0 Å². The molecule has 0 spiro atoms. The van der Waals surface area contributed by atoms with E-state index < -0.39 is 0 Å². The summed E-state index contributed by atoms with van der Waals surface area (Å²) in [6, 6.07) is 6.46. The quantitative estimate of drug-likeness (QED) is 0.929. The molecule has 84 valence electrons.